The van der Waals surface area contributed by atoms with Gasteiger partial charge in [0, 0.05) is 0 Å². The first-order valence-corrected chi connectivity index (χ1v) is 7.51. The molecule has 0 aliphatic rings. The van der Waals surface area contributed by atoms with Gasteiger partial charge in [0.1, 0.15) is 0 Å². The molecule has 112 valence electrons. The Bertz CT molecular complexity index is 250. The zero-order valence-corrected chi connectivity index (χ0v) is 12.2. The van der Waals surface area contributed by atoms with Crippen molar-refractivity contribution in [3.8, 4) is 0 Å². The van der Waals surface area contributed by atoms with Crippen LogP contribution in [0.25, 0.3) is 0 Å². The van der Waals surface area contributed by atoms with Gasteiger partial charge in [0.25, 0.3) is 0 Å². The van der Waals surface area contributed by atoms with Gasteiger partial charge in [-0.25, -0.2) is 0 Å². The third-order valence-electron chi connectivity index (χ3n) is 2.75. The molecule has 0 spiro atoms. The lowest BCUT2D eigenvalue weighted by molar-refractivity contribution is -0.114. The summed E-state index contributed by atoms with van der Waals surface area (Å²) in [6, 6.07) is -1.23. The van der Waals surface area contributed by atoms with E-state index in [-0.39, 0.29) is 10.2 Å². The minimum absolute atomic E-state index is 0.309. The van der Waals surface area contributed by atoms with E-state index in [9.17, 15) is 9.59 Å². The molecule has 0 fully saturated rings. The maximum absolute atomic E-state index is 11.7. The SMILES string of the molecule is NCCCC[C@H](N)C(=O)SC(=O)[C@@H](N)CCCCN. The maximum atomic E-state index is 11.7. The first kappa shape index (κ1) is 18.5. The Balaban J connectivity index is 3.92. The van der Waals surface area contributed by atoms with Crippen LogP contribution < -0.4 is 22.9 Å². The van der Waals surface area contributed by atoms with Gasteiger partial charge in [-0.1, -0.05) is 12.8 Å². The van der Waals surface area contributed by atoms with Crippen molar-refractivity contribution in [2.45, 2.75) is 50.6 Å². The second-order valence-electron chi connectivity index (χ2n) is 4.52. The van der Waals surface area contributed by atoms with E-state index in [1.54, 1.807) is 0 Å². The Morgan fingerprint density at radius 3 is 1.47 bits per heavy atom. The molecular weight excluding hydrogens is 264 g/mol. The van der Waals surface area contributed by atoms with Gasteiger partial charge in [-0.2, -0.15) is 0 Å². The van der Waals surface area contributed by atoms with Crippen LogP contribution in [0.1, 0.15) is 38.5 Å². The number of hydrogen-bond donors (Lipinski definition) is 4. The largest absolute Gasteiger partial charge is 0.330 e. The molecule has 0 amide bonds. The van der Waals surface area contributed by atoms with E-state index in [1.807, 2.05) is 0 Å². The number of carbonyl (C=O) groups is 2. The summed E-state index contributed by atoms with van der Waals surface area (Å²) in [5, 5.41) is -0.618. The van der Waals surface area contributed by atoms with Crippen LogP contribution in [0.5, 0.6) is 0 Å². The second-order valence-corrected chi connectivity index (χ2v) is 5.53. The van der Waals surface area contributed by atoms with Crippen LogP contribution in [0.2, 0.25) is 0 Å². The standard InChI is InChI=1S/C12H26N4O2S/c13-7-3-1-5-9(15)11(17)19-12(18)10(16)6-2-4-8-14/h9-10H,1-8,13-16H2/t9-,10-/m0/s1. The molecule has 7 heteroatoms. The number of carbonyl (C=O) groups excluding carboxylic acids is 2. The van der Waals surface area contributed by atoms with E-state index in [1.165, 1.54) is 0 Å². The third kappa shape index (κ3) is 9.12. The van der Waals surface area contributed by atoms with Crippen LogP contribution >= 0.6 is 11.8 Å². The zero-order valence-electron chi connectivity index (χ0n) is 11.3. The van der Waals surface area contributed by atoms with Crippen LogP contribution in [0.15, 0.2) is 0 Å². The van der Waals surface area contributed by atoms with E-state index >= 15 is 0 Å². The van der Waals surface area contributed by atoms with Crippen LogP contribution in [0.4, 0.5) is 0 Å². The van der Waals surface area contributed by atoms with Gasteiger partial charge < -0.3 is 22.9 Å². The Hall–Kier alpha value is -0.470. The highest BCUT2D eigenvalue weighted by molar-refractivity contribution is 8.26. The predicted octanol–water partition coefficient (Wildman–Crippen LogP) is -0.315. The van der Waals surface area contributed by atoms with E-state index in [4.69, 9.17) is 22.9 Å². The lowest BCUT2D eigenvalue weighted by Gasteiger charge is -2.12. The average molecular weight is 290 g/mol. The molecule has 0 aromatic rings. The average Bonchev–Trinajstić information content (AvgIpc) is 2.38. The topological polar surface area (TPSA) is 138 Å². The molecule has 0 aromatic carbocycles. The fraction of sp³-hybridized carbons (Fsp3) is 0.833. The molecule has 8 N–H and O–H groups in total. The number of rotatable bonds is 10. The van der Waals surface area contributed by atoms with Crippen LogP contribution in [0.3, 0.4) is 0 Å². The molecule has 0 saturated carbocycles. The monoisotopic (exact) mass is 290 g/mol. The smallest absolute Gasteiger partial charge is 0.213 e. The summed E-state index contributed by atoms with van der Waals surface area (Å²) in [5.41, 5.74) is 22.1. The normalized spacial score (nSPS) is 14.1. The number of nitrogens with two attached hydrogens (primary N) is 4. The first-order chi connectivity index (χ1) is 9.02. The molecule has 19 heavy (non-hydrogen) atoms. The third-order valence-corrected chi connectivity index (χ3v) is 3.75. The first-order valence-electron chi connectivity index (χ1n) is 6.69. The maximum Gasteiger partial charge on any atom is 0.213 e. The Kier molecular flexibility index (Phi) is 11.1. The van der Waals surface area contributed by atoms with Gasteiger partial charge in [0.15, 0.2) is 0 Å². The molecule has 0 heterocycles. The van der Waals surface area contributed by atoms with Crippen molar-refractivity contribution in [1.82, 2.24) is 0 Å². The molecule has 0 aliphatic carbocycles. The van der Waals surface area contributed by atoms with Crippen molar-refractivity contribution in [2.75, 3.05) is 13.1 Å². The van der Waals surface area contributed by atoms with E-state index in [2.05, 4.69) is 0 Å². The molecule has 0 aromatic heterocycles. The van der Waals surface area contributed by atoms with Gasteiger partial charge in [-0.15, -0.1) is 0 Å². The Morgan fingerprint density at radius 1 is 0.789 bits per heavy atom. The zero-order chi connectivity index (χ0) is 14.7. The molecule has 0 aliphatic heterocycles. The summed E-state index contributed by atoms with van der Waals surface area (Å²) in [4.78, 5) is 23.4. The van der Waals surface area contributed by atoms with Crippen molar-refractivity contribution >= 4 is 22.0 Å². The molecule has 0 bridgehead atoms. The molecule has 0 radical (unpaired) electrons. The molecule has 2 atom stereocenters. The van der Waals surface area contributed by atoms with Gasteiger partial charge >= 0.3 is 0 Å². The molecule has 0 saturated heterocycles. The van der Waals surface area contributed by atoms with Gasteiger partial charge in [0.2, 0.25) is 10.2 Å². The van der Waals surface area contributed by atoms with Crippen molar-refractivity contribution in [3.63, 3.8) is 0 Å². The summed E-state index contributed by atoms with van der Waals surface area (Å²) in [5.74, 6) is 0. The van der Waals surface area contributed by atoms with E-state index in [0.29, 0.717) is 37.7 Å². The van der Waals surface area contributed by atoms with Crippen LogP contribution in [0, 0.1) is 0 Å². The molecule has 6 nitrogen and oxygen atoms in total. The van der Waals surface area contributed by atoms with Crippen molar-refractivity contribution < 1.29 is 9.59 Å². The van der Waals surface area contributed by atoms with Gasteiger partial charge in [-0.3, -0.25) is 9.59 Å². The summed E-state index contributed by atoms with van der Waals surface area (Å²) >= 11 is 0.642. The minimum atomic E-state index is -0.614. The summed E-state index contributed by atoms with van der Waals surface area (Å²) in [6.45, 7) is 1.16. The highest BCUT2D eigenvalue weighted by Gasteiger charge is 2.21. The lowest BCUT2D eigenvalue weighted by atomic mass is 10.1. The number of unbranched alkanes of at least 4 members (excludes halogenated alkanes) is 2. The van der Waals surface area contributed by atoms with E-state index in [0.717, 1.165) is 25.7 Å². The van der Waals surface area contributed by atoms with Gasteiger partial charge in [0.05, 0.1) is 12.1 Å². The minimum Gasteiger partial charge on any atom is -0.330 e. The summed E-state index contributed by atoms with van der Waals surface area (Å²) in [6.07, 6.45) is 4.36. The van der Waals surface area contributed by atoms with Crippen molar-refractivity contribution in [2.24, 2.45) is 22.9 Å². The fourth-order valence-corrected chi connectivity index (χ4v) is 2.24. The van der Waals surface area contributed by atoms with Crippen molar-refractivity contribution in [3.05, 3.63) is 0 Å². The van der Waals surface area contributed by atoms with Gasteiger partial charge in [-0.05, 0) is 50.5 Å². The van der Waals surface area contributed by atoms with E-state index < -0.39 is 12.1 Å². The second kappa shape index (κ2) is 11.4. The Morgan fingerprint density at radius 2 is 1.16 bits per heavy atom. The van der Waals surface area contributed by atoms with Crippen LogP contribution in [-0.4, -0.2) is 35.4 Å². The molecule has 0 rings (SSSR count). The molecular formula is C12H26N4O2S. The summed E-state index contributed by atoms with van der Waals surface area (Å²) in [7, 11) is 0. The van der Waals surface area contributed by atoms with Crippen molar-refractivity contribution in [1.29, 1.82) is 0 Å². The lowest BCUT2D eigenvalue weighted by Crippen LogP contribution is -2.34. The quantitative estimate of drug-likeness (QED) is 0.405. The number of thioether (sulfide) groups is 1. The highest BCUT2D eigenvalue weighted by atomic mass is 32.2. The predicted molar refractivity (Wildman–Crippen MR) is 79.4 cm³/mol. The number of hydrogen-bond acceptors (Lipinski definition) is 7. The highest BCUT2D eigenvalue weighted by Crippen LogP contribution is 2.14. The molecule has 0 unspecified atom stereocenters. The fourth-order valence-electron chi connectivity index (χ4n) is 1.50. The van der Waals surface area contributed by atoms with Crippen LogP contribution in [-0.2, 0) is 9.59 Å². The summed E-state index contributed by atoms with van der Waals surface area (Å²) < 4.78 is 0. The Labute approximate surface area is 119 Å².